The van der Waals surface area contributed by atoms with Gasteiger partial charge in [0.1, 0.15) is 17.5 Å². The van der Waals surface area contributed by atoms with Crippen LogP contribution in [0.5, 0.6) is 5.75 Å². The molecule has 6 nitrogen and oxygen atoms in total. The summed E-state index contributed by atoms with van der Waals surface area (Å²) < 4.78 is 71.3. The van der Waals surface area contributed by atoms with E-state index in [2.05, 4.69) is 10.3 Å². The highest BCUT2D eigenvalue weighted by Crippen LogP contribution is 2.28. The Morgan fingerprint density at radius 3 is 2.15 bits per heavy atom. The van der Waals surface area contributed by atoms with Crippen LogP contribution in [0.2, 0.25) is 0 Å². The van der Waals surface area contributed by atoms with Gasteiger partial charge in [-0.25, -0.2) is 4.98 Å². The summed E-state index contributed by atoms with van der Waals surface area (Å²) in [6, 6.07) is 8.19. The summed E-state index contributed by atoms with van der Waals surface area (Å²) in [7, 11) is -4.02. The van der Waals surface area contributed by atoms with Crippen molar-refractivity contribution in [3.63, 3.8) is 0 Å². The van der Waals surface area contributed by atoms with E-state index in [1.54, 1.807) is 12.1 Å². The van der Waals surface area contributed by atoms with Gasteiger partial charge < -0.3 is 10.1 Å². The Morgan fingerprint density at radius 1 is 1.15 bits per heavy atom. The minimum atomic E-state index is -4.39. The monoisotopic (exact) mass is 390 g/mol. The van der Waals surface area contributed by atoms with Crippen molar-refractivity contribution in [3.8, 4) is 5.75 Å². The van der Waals surface area contributed by atoms with Crippen LogP contribution in [-0.2, 0) is 16.3 Å². The quantitative estimate of drug-likeness (QED) is 0.784. The molecule has 3 rings (SSSR count). The van der Waals surface area contributed by atoms with Crippen molar-refractivity contribution in [2.45, 2.75) is 24.1 Å². The lowest BCUT2D eigenvalue weighted by molar-refractivity contribution is -0.141. The molecule has 1 aliphatic rings. The lowest BCUT2D eigenvalue weighted by Gasteiger charge is -2.27. The van der Waals surface area contributed by atoms with E-state index in [0.29, 0.717) is 5.75 Å². The van der Waals surface area contributed by atoms with Crippen LogP contribution < -0.4 is 10.1 Å². The molecule has 0 saturated carbocycles. The number of benzene rings is 1. The first-order valence-corrected chi connectivity index (χ1v) is 8.94. The normalized spacial score (nSPS) is 14.8. The summed E-state index contributed by atoms with van der Waals surface area (Å²) in [6.45, 7) is 3.29. The number of hydrogen-bond donors (Lipinski definition) is 2. The molecule has 1 aromatic heterocycles. The van der Waals surface area contributed by atoms with E-state index in [-0.39, 0.29) is 11.0 Å². The predicted octanol–water partition coefficient (Wildman–Crippen LogP) is 2.69. The molecule has 1 aliphatic heterocycles. The van der Waals surface area contributed by atoms with Crippen molar-refractivity contribution in [1.82, 2.24) is 10.3 Å². The van der Waals surface area contributed by atoms with Crippen molar-refractivity contribution in [3.05, 3.63) is 53.9 Å². The average molecular weight is 390 g/mol. The molecule has 2 heterocycles. The maximum atomic E-state index is 12.1. The summed E-state index contributed by atoms with van der Waals surface area (Å²) in [4.78, 5) is 3.22. The van der Waals surface area contributed by atoms with Gasteiger partial charge in [0.25, 0.3) is 10.1 Å². The minimum Gasteiger partial charge on any atom is -0.486 e. The molecule has 142 valence electrons. The lowest BCUT2D eigenvalue weighted by Crippen LogP contribution is -2.50. The third-order valence-electron chi connectivity index (χ3n) is 3.39. The average Bonchev–Trinajstić information content (AvgIpc) is 2.51. The number of pyridine rings is 1. The second-order valence-electron chi connectivity index (χ2n) is 5.56. The first-order chi connectivity index (χ1) is 12.1. The van der Waals surface area contributed by atoms with E-state index in [0.717, 1.165) is 30.9 Å². The van der Waals surface area contributed by atoms with Gasteiger partial charge in [-0.05, 0) is 31.2 Å². The number of rotatable bonds is 3. The Balaban J connectivity index is 0.000000197. The van der Waals surface area contributed by atoms with Crippen LogP contribution in [0.3, 0.4) is 0 Å². The highest BCUT2D eigenvalue weighted by Gasteiger charge is 2.32. The van der Waals surface area contributed by atoms with Gasteiger partial charge in [-0.15, -0.1) is 0 Å². The van der Waals surface area contributed by atoms with Gasteiger partial charge >= 0.3 is 6.18 Å². The van der Waals surface area contributed by atoms with Gasteiger partial charge in [-0.3, -0.25) is 4.55 Å². The van der Waals surface area contributed by atoms with Crippen LogP contribution in [0.4, 0.5) is 13.2 Å². The second-order valence-corrected chi connectivity index (χ2v) is 6.98. The molecule has 0 aliphatic carbocycles. The van der Waals surface area contributed by atoms with Gasteiger partial charge in [0.2, 0.25) is 0 Å². The zero-order valence-corrected chi connectivity index (χ0v) is 14.5. The highest BCUT2D eigenvalue weighted by atomic mass is 32.2. The second kappa shape index (κ2) is 8.02. The van der Waals surface area contributed by atoms with Crippen LogP contribution in [0, 0.1) is 6.92 Å². The number of alkyl halides is 3. The third kappa shape index (κ3) is 5.97. The first kappa shape index (κ1) is 20.1. The zero-order chi connectivity index (χ0) is 19.4. The Kier molecular flexibility index (Phi) is 6.21. The van der Waals surface area contributed by atoms with Crippen molar-refractivity contribution in [2.24, 2.45) is 0 Å². The summed E-state index contributed by atoms with van der Waals surface area (Å²) in [5.74, 6) is 0.370. The number of aryl methyl sites for hydroxylation is 1. The van der Waals surface area contributed by atoms with Gasteiger partial charge in [0, 0.05) is 13.1 Å². The minimum absolute atomic E-state index is 0.0449. The standard InChI is InChI=1S/C9H9F3N2O.C7H8O3S/c10-9(11,12)8-2-1-6(5-14-8)15-7-3-13-4-7;1-6-2-4-7(5-3-6)11(8,9)10/h1-2,5,7,13H,3-4H2;2-5H,1H3,(H,8,9,10). The van der Waals surface area contributed by atoms with Crippen LogP contribution in [0.25, 0.3) is 0 Å². The zero-order valence-electron chi connectivity index (χ0n) is 13.7. The summed E-state index contributed by atoms with van der Waals surface area (Å²) in [5, 5.41) is 2.99. The summed E-state index contributed by atoms with van der Waals surface area (Å²) in [5.41, 5.74) is 0.0546. The summed E-state index contributed by atoms with van der Waals surface area (Å²) >= 11 is 0. The van der Waals surface area contributed by atoms with E-state index >= 15 is 0 Å². The predicted molar refractivity (Wildman–Crippen MR) is 87.5 cm³/mol. The molecule has 2 aromatic rings. The molecule has 0 atom stereocenters. The number of ether oxygens (including phenoxy) is 1. The molecule has 0 amide bonds. The molecule has 0 radical (unpaired) electrons. The van der Waals surface area contributed by atoms with E-state index in [1.165, 1.54) is 18.2 Å². The van der Waals surface area contributed by atoms with Gasteiger partial charge in [-0.2, -0.15) is 21.6 Å². The SMILES string of the molecule is Cc1ccc(S(=O)(=O)O)cc1.FC(F)(F)c1ccc(OC2CNC2)cn1. The first-order valence-electron chi connectivity index (χ1n) is 7.50. The van der Waals surface area contributed by atoms with Crippen LogP contribution >= 0.6 is 0 Å². The highest BCUT2D eigenvalue weighted by molar-refractivity contribution is 7.85. The molecule has 1 aromatic carbocycles. The fraction of sp³-hybridized carbons (Fsp3) is 0.312. The Morgan fingerprint density at radius 2 is 1.77 bits per heavy atom. The third-order valence-corrected chi connectivity index (χ3v) is 4.26. The largest absolute Gasteiger partial charge is 0.486 e. The smallest absolute Gasteiger partial charge is 0.433 e. The summed E-state index contributed by atoms with van der Waals surface area (Å²) in [6.07, 6.45) is -3.25. The van der Waals surface area contributed by atoms with Crippen molar-refractivity contribution in [1.29, 1.82) is 0 Å². The Labute approximate surface area is 148 Å². The van der Waals surface area contributed by atoms with E-state index in [4.69, 9.17) is 9.29 Å². The van der Waals surface area contributed by atoms with Crippen molar-refractivity contribution < 1.29 is 30.9 Å². The fourth-order valence-corrected chi connectivity index (χ4v) is 2.35. The molecule has 10 heteroatoms. The molecular weight excluding hydrogens is 373 g/mol. The molecular formula is C16H17F3N2O4S. The van der Waals surface area contributed by atoms with Crippen LogP contribution in [0.15, 0.2) is 47.5 Å². The number of nitrogens with zero attached hydrogens (tertiary/aromatic N) is 1. The number of nitrogens with one attached hydrogen (secondary N) is 1. The Bertz CT molecular complexity index is 818. The van der Waals surface area contributed by atoms with Crippen LogP contribution in [0.1, 0.15) is 11.3 Å². The topological polar surface area (TPSA) is 88.5 Å². The molecule has 26 heavy (non-hydrogen) atoms. The molecule has 1 fully saturated rings. The fourth-order valence-electron chi connectivity index (χ4n) is 1.87. The number of halogens is 3. The van der Waals surface area contributed by atoms with E-state index < -0.39 is 22.0 Å². The van der Waals surface area contributed by atoms with Gasteiger partial charge in [0.05, 0.1) is 11.1 Å². The maximum Gasteiger partial charge on any atom is 0.433 e. The van der Waals surface area contributed by atoms with E-state index in [9.17, 15) is 21.6 Å². The molecule has 0 bridgehead atoms. The van der Waals surface area contributed by atoms with Gasteiger partial charge in [0.15, 0.2) is 0 Å². The van der Waals surface area contributed by atoms with Crippen LogP contribution in [-0.4, -0.2) is 37.1 Å². The molecule has 2 N–H and O–H groups in total. The maximum absolute atomic E-state index is 12.1. The van der Waals surface area contributed by atoms with Crippen molar-refractivity contribution in [2.75, 3.05) is 13.1 Å². The Hall–Kier alpha value is -2.17. The molecule has 0 unspecified atom stereocenters. The number of aromatic nitrogens is 1. The van der Waals surface area contributed by atoms with Crippen molar-refractivity contribution >= 4 is 10.1 Å². The number of hydrogen-bond acceptors (Lipinski definition) is 5. The molecule has 1 saturated heterocycles. The van der Waals surface area contributed by atoms with E-state index in [1.807, 2.05) is 6.92 Å². The molecule has 0 spiro atoms. The lowest BCUT2D eigenvalue weighted by atomic mass is 10.2. The van der Waals surface area contributed by atoms with Gasteiger partial charge in [-0.1, -0.05) is 17.7 Å².